The van der Waals surface area contributed by atoms with E-state index < -0.39 is 0 Å². The summed E-state index contributed by atoms with van der Waals surface area (Å²) in [7, 11) is 0. The smallest absolute Gasteiger partial charge is 0.674 e. The maximum Gasteiger partial charge on any atom is 4.00 e. The Balaban J connectivity index is -0.0000000369. The quantitative estimate of drug-likeness (QED) is 0.514. The van der Waals surface area contributed by atoms with Gasteiger partial charge in [-0.3, -0.25) is 0 Å². The minimum atomic E-state index is 0. The number of hydrogen-bond acceptors (Lipinski definition) is 0. The van der Waals surface area contributed by atoms with Crippen molar-refractivity contribution in [1.82, 2.24) is 0 Å². The van der Waals surface area contributed by atoms with Crippen LogP contribution >= 0.6 is 0 Å². The van der Waals surface area contributed by atoms with Gasteiger partial charge < -0.3 is 22.9 Å². The minimum absolute atomic E-state index is 0. The molecule has 0 heterocycles. The molecule has 0 aliphatic heterocycles. The third-order valence-electron chi connectivity index (χ3n) is 0.577. The number of rotatable bonds is 4. The van der Waals surface area contributed by atoms with Gasteiger partial charge in [0, 0.05) is 0 Å². The molecule has 0 atom stereocenters. The van der Waals surface area contributed by atoms with Gasteiger partial charge in [0.15, 0.2) is 0 Å². The molecule has 0 radical (unpaired) electrons. The van der Waals surface area contributed by atoms with E-state index in [-0.39, 0.29) is 21.7 Å². The second-order valence-electron chi connectivity index (χ2n) is 1.97. The second kappa shape index (κ2) is 57.9. The first kappa shape index (κ1) is 30.0. The topological polar surface area (TPSA) is 95.2 Å². The SMILES string of the molecule is C=CC[NH-].C=CC[NH-].C=CC[NH-].C=CC[NH-].[Ti+4]. The summed E-state index contributed by atoms with van der Waals surface area (Å²) in [4.78, 5) is 0. The average molecular weight is 272 g/mol. The zero-order valence-electron chi connectivity index (χ0n) is 10.5. The third kappa shape index (κ3) is 229. The number of nitrogens with one attached hydrogen (secondary N) is 4. The molecule has 0 aliphatic rings. The van der Waals surface area contributed by atoms with E-state index in [9.17, 15) is 0 Å². The number of hydrogen-bond donors (Lipinski definition) is 0. The molecular weight excluding hydrogens is 248 g/mol. The van der Waals surface area contributed by atoms with E-state index in [2.05, 4.69) is 26.3 Å². The van der Waals surface area contributed by atoms with Gasteiger partial charge in [0.2, 0.25) is 0 Å². The van der Waals surface area contributed by atoms with Gasteiger partial charge in [0.1, 0.15) is 0 Å². The van der Waals surface area contributed by atoms with E-state index in [4.69, 9.17) is 22.9 Å². The van der Waals surface area contributed by atoms with E-state index in [1.807, 2.05) is 0 Å². The van der Waals surface area contributed by atoms with Crippen LogP contribution < -0.4 is 0 Å². The molecular formula is C12H24N4Ti. The van der Waals surface area contributed by atoms with Gasteiger partial charge in [-0.15, -0.1) is 76.8 Å². The van der Waals surface area contributed by atoms with E-state index in [0.29, 0.717) is 26.2 Å². The Morgan fingerprint density at radius 1 is 0.529 bits per heavy atom. The van der Waals surface area contributed by atoms with E-state index in [1.54, 1.807) is 24.3 Å². The average Bonchev–Trinajstić information content (AvgIpc) is 2.39. The Bertz CT molecular complexity index is 106. The van der Waals surface area contributed by atoms with Crippen LogP contribution in [-0.4, -0.2) is 26.2 Å². The van der Waals surface area contributed by atoms with Crippen molar-refractivity contribution in [3.05, 3.63) is 73.6 Å². The fraction of sp³-hybridized carbons (Fsp3) is 0.333. The van der Waals surface area contributed by atoms with Gasteiger partial charge >= 0.3 is 21.7 Å². The normalized spacial score (nSPS) is 5.88. The van der Waals surface area contributed by atoms with Gasteiger partial charge in [-0.1, -0.05) is 0 Å². The molecule has 0 bridgehead atoms. The Hall–Kier alpha value is -0.486. The van der Waals surface area contributed by atoms with Crippen LogP contribution in [0.1, 0.15) is 0 Å². The Kier molecular flexibility index (Phi) is 102. The largest absolute Gasteiger partial charge is 4.00 e. The van der Waals surface area contributed by atoms with E-state index in [1.165, 1.54) is 0 Å². The zero-order chi connectivity index (χ0) is 13.7. The Labute approximate surface area is 121 Å². The van der Waals surface area contributed by atoms with Crippen LogP contribution in [0.25, 0.3) is 22.9 Å². The van der Waals surface area contributed by atoms with Crippen molar-refractivity contribution in [3.8, 4) is 0 Å². The molecule has 0 rings (SSSR count). The van der Waals surface area contributed by atoms with Crippen molar-refractivity contribution in [1.29, 1.82) is 0 Å². The van der Waals surface area contributed by atoms with Gasteiger partial charge in [-0.25, -0.2) is 0 Å². The first-order valence-electron chi connectivity index (χ1n) is 4.68. The van der Waals surface area contributed by atoms with Gasteiger partial charge in [-0.2, -0.15) is 0 Å². The molecule has 0 aromatic heterocycles. The summed E-state index contributed by atoms with van der Waals surface area (Å²) in [6.45, 7) is 14.5. The van der Waals surface area contributed by atoms with Crippen molar-refractivity contribution in [2.45, 2.75) is 0 Å². The van der Waals surface area contributed by atoms with Crippen LogP contribution in [0.5, 0.6) is 0 Å². The summed E-state index contributed by atoms with van der Waals surface area (Å²) >= 11 is 0. The van der Waals surface area contributed by atoms with Crippen LogP contribution in [0.2, 0.25) is 0 Å². The van der Waals surface area contributed by atoms with Crippen LogP contribution in [-0.2, 0) is 21.7 Å². The van der Waals surface area contributed by atoms with Crippen molar-refractivity contribution in [2.24, 2.45) is 0 Å². The van der Waals surface area contributed by atoms with Crippen molar-refractivity contribution >= 4 is 0 Å². The van der Waals surface area contributed by atoms with Crippen molar-refractivity contribution in [3.63, 3.8) is 0 Å². The first-order valence-corrected chi connectivity index (χ1v) is 4.68. The molecule has 0 spiro atoms. The molecule has 96 valence electrons. The van der Waals surface area contributed by atoms with E-state index in [0.717, 1.165) is 0 Å². The molecule has 0 saturated heterocycles. The molecule has 0 fully saturated rings. The molecule has 4 nitrogen and oxygen atoms in total. The van der Waals surface area contributed by atoms with Gasteiger partial charge in [0.05, 0.1) is 0 Å². The standard InChI is InChI=1S/4C3H6N.Ti/c4*1-2-3-4;/h4*2,4H,1,3H2;/q4*-1;+4. The predicted molar refractivity (Wildman–Crippen MR) is 77.5 cm³/mol. The van der Waals surface area contributed by atoms with Crippen LogP contribution in [0.15, 0.2) is 50.6 Å². The van der Waals surface area contributed by atoms with Crippen LogP contribution in [0.3, 0.4) is 0 Å². The third-order valence-corrected chi connectivity index (χ3v) is 0.577. The molecule has 5 heteroatoms. The minimum Gasteiger partial charge on any atom is -0.674 e. The Morgan fingerprint density at radius 3 is 0.588 bits per heavy atom. The van der Waals surface area contributed by atoms with E-state index >= 15 is 0 Å². The maximum absolute atomic E-state index is 6.33. The maximum atomic E-state index is 6.33. The predicted octanol–water partition coefficient (Wildman–Crippen LogP) is 4.90. The molecule has 0 amide bonds. The molecule has 0 aliphatic carbocycles. The summed E-state index contributed by atoms with van der Waals surface area (Å²) in [5.74, 6) is 0. The first-order chi connectivity index (χ1) is 7.66. The summed E-state index contributed by atoms with van der Waals surface area (Å²) < 4.78 is 0. The molecule has 4 N–H and O–H groups in total. The molecule has 0 unspecified atom stereocenters. The molecule has 0 aromatic carbocycles. The summed E-state index contributed by atoms with van der Waals surface area (Å²) in [5.41, 5.74) is 25.3. The monoisotopic (exact) mass is 272 g/mol. The summed E-state index contributed by atoms with van der Waals surface area (Å²) in [6, 6.07) is 0. The molecule has 0 saturated carbocycles. The zero-order valence-corrected chi connectivity index (χ0v) is 12.0. The molecule has 17 heavy (non-hydrogen) atoms. The summed E-state index contributed by atoms with van der Waals surface area (Å²) in [5, 5.41) is 0. The molecule has 0 aromatic rings. The second-order valence-corrected chi connectivity index (χ2v) is 1.97. The van der Waals surface area contributed by atoms with Crippen molar-refractivity contribution in [2.75, 3.05) is 26.2 Å². The summed E-state index contributed by atoms with van der Waals surface area (Å²) in [6.07, 6.45) is 6.17. The van der Waals surface area contributed by atoms with Gasteiger partial charge in [-0.05, 0) is 0 Å². The van der Waals surface area contributed by atoms with Crippen molar-refractivity contribution < 1.29 is 21.7 Å². The fourth-order valence-electron chi connectivity index (χ4n) is 0. The Morgan fingerprint density at radius 2 is 0.588 bits per heavy atom. The van der Waals surface area contributed by atoms with Gasteiger partial charge in [0.25, 0.3) is 0 Å². The van der Waals surface area contributed by atoms with Crippen LogP contribution in [0.4, 0.5) is 0 Å². The van der Waals surface area contributed by atoms with Crippen LogP contribution in [0, 0.1) is 0 Å². The fourth-order valence-corrected chi connectivity index (χ4v) is 0.